The van der Waals surface area contributed by atoms with Gasteiger partial charge in [-0.05, 0) is 42.0 Å². The second-order valence-electron chi connectivity index (χ2n) is 4.32. The first-order chi connectivity index (χ1) is 10.6. The van der Waals surface area contributed by atoms with Gasteiger partial charge in [0.25, 0.3) is 5.91 Å². The molecule has 0 aromatic heterocycles. The van der Waals surface area contributed by atoms with E-state index in [4.69, 9.17) is 9.84 Å². The van der Waals surface area contributed by atoms with Gasteiger partial charge in [0.15, 0.2) is 6.61 Å². The number of carbonyl (C=O) groups is 2. The number of aliphatic carboxylic acids is 1. The highest BCUT2D eigenvalue weighted by molar-refractivity contribution is 5.94. The van der Waals surface area contributed by atoms with Crippen LogP contribution >= 0.6 is 0 Å². The summed E-state index contributed by atoms with van der Waals surface area (Å²) in [6.07, 6.45) is 1.49. The molecule has 0 saturated heterocycles. The number of benzene rings is 2. The Labute approximate surface area is 127 Å². The van der Waals surface area contributed by atoms with Crippen LogP contribution in [-0.2, 0) is 4.79 Å². The molecule has 0 aliphatic heterocycles. The molecule has 0 fully saturated rings. The van der Waals surface area contributed by atoms with Gasteiger partial charge < -0.3 is 9.84 Å². The number of hydrazone groups is 1. The highest BCUT2D eigenvalue weighted by Gasteiger charge is 2.02. The quantitative estimate of drug-likeness (QED) is 0.630. The largest absolute Gasteiger partial charge is 0.482 e. The number of nitrogens with zero attached hydrogens (tertiary/aromatic N) is 1. The number of carboxylic acids is 1. The highest BCUT2D eigenvalue weighted by Crippen LogP contribution is 2.10. The highest BCUT2D eigenvalue weighted by atomic mass is 16.5. The summed E-state index contributed by atoms with van der Waals surface area (Å²) in [7, 11) is 0. The molecule has 0 aliphatic rings. The standard InChI is InChI=1S/C16H14N2O4/c19-15(20)11-22-14-8-6-12(7-9-14)10-17-18-16(21)13-4-2-1-3-5-13/h1-10H,11H2,(H,18,21)(H,19,20). The second kappa shape index (κ2) is 7.58. The molecule has 0 spiro atoms. The lowest BCUT2D eigenvalue weighted by Crippen LogP contribution is -2.17. The fourth-order valence-electron chi connectivity index (χ4n) is 1.61. The molecule has 2 aromatic rings. The number of nitrogens with one attached hydrogen (secondary N) is 1. The summed E-state index contributed by atoms with van der Waals surface area (Å²) in [6, 6.07) is 15.4. The maximum Gasteiger partial charge on any atom is 0.341 e. The second-order valence-corrected chi connectivity index (χ2v) is 4.32. The molecule has 2 aromatic carbocycles. The molecule has 0 bridgehead atoms. The third kappa shape index (κ3) is 4.75. The van der Waals surface area contributed by atoms with E-state index in [9.17, 15) is 9.59 Å². The van der Waals surface area contributed by atoms with Crippen LogP contribution < -0.4 is 10.2 Å². The molecule has 0 aliphatic carbocycles. The van der Waals surface area contributed by atoms with Crippen molar-refractivity contribution in [1.29, 1.82) is 0 Å². The summed E-state index contributed by atoms with van der Waals surface area (Å²) in [5.41, 5.74) is 3.70. The molecule has 0 heterocycles. The minimum absolute atomic E-state index is 0.293. The van der Waals surface area contributed by atoms with Gasteiger partial charge in [-0.15, -0.1) is 0 Å². The van der Waals surface area contributed by atoms with E-state index in [0.29, 0.717) is 11.3 Å². The van der Waals surface area contributed by atoms with E-state index in [2.05, 4.69) is 10.5 Å². The Morgan fingerprint density at radius 3 is 2.41 bits per heavy atom. The first-order valence-corrected chi connectivity index (χ1v) is 6.48. The van der Waals surface area contributed by atoms with Gasteiger partial charge in [0.2, 0.25) is 0 Å². The number of carboxylic acid groups (broad SMARTS) is 1. The molecule has 6 nitrogen and oxygen atoms in total. The van der Waals surface area contributed by atoms with E-state index < -0.39 is 5.97 Å². The minimum Gasteiger partial charge on any atom is -0.482 e. The Bertz CT molecular complexity index is 666. The SMILES string of the molecule is O=C(O)COc1ccc(C=NNC(=O)c2ccccc2)cc1. The Morgan fingerprint density at radius 2 is 1.77 bits per heavy atom. The number of rotatable bonds is 6. The average Bonchev–Trinajstić information content (AvgIpc) is 2.55. The third-order valence-corrected chi connectivity index (χ3v) is 2.66. The van der Waals surface area contributed by atoms with Crippen LogP contribution in [0.2, 0.25) is 0 Å². The summed E-state index contributed by atoms with van der Waals surface area (Å²) in [4.78, 5) is 22.1. The van der Waals surface area contributed by atoms with Crippen LogP contribution in [0.15, 0.2) is 59.7 Å². The summed E-state index contributed by atoms with van der Waals surface area (Å²) >= 11 is 0. The average molecular weight is 298 g/mol. The maximum absolute atomic E-state index is 11.7. The zero-order valence-corrected chi connectivity index (χ0v) is 11.6. The summed E-state index contributed by atoms with van der Waals surface area (Å²) in [6.45, 7) is -0.388. The van der Waals surface area contributed by atoms with E-state index >= 15 is 0 Å². The summed E-state index contributed by atoms with van der Waals surface area (Å²) < 4.78 is 5.01. The molecule has 22 heavy (non-hydrogen) atoms. The number of hydrogen-bond donors (Lipinski definition) is 2. The number of hydrogen-bond acceptors (Lipinski definition) is 4. The van der Waals surface area contributed by atoms with Crippen molar-refractivity contribution in [2.24, 2.45) is 5.10 Å². The molecule has 112 valence electrons. The molecular formula is C16H14N2O4. The van der Waals surface area contributed by atoms with E-state index in [-0.39, 0.29) is 12.5 Å². The van der Waals surface area contributed by atoms with Gasteiger partial charge in [-0.25, -0.2) is 10.2 Å². The lowest BCUT2D eigenvalue weighted by molar-refractivity contribution is -0.139. The Kier molecular flexibility index (Phi) is 5.25. The van der Waals surface area contributed by atoms with Gasteiger partial charge in [0.1, 0.15) is 5.75 Å². The Morgan fingerprint density at radius 1 is 1.09 bits per heavy atom. The van der Waals surface area contributed by atoms with Crippen molar-refractivity contribution in [2.45, 2.75) is 0 Å². The van der Waals surface area contributed by atoms with Crippen LogP contribution in [0.1, 0.15) is 15.9 Å². The van der Waals surface area contributed by atoms with Crippen LogP contribution in [0, 0.1) is 0 Å². The van der Waals surface area contributed by atoms with Crippen LogP contribution in [0.5, 0.6) is 5.75 Å². The number of ether oxygens (including phenoxy) is 1. The number of amides is 1. The monoisotopic (exact) mass is 298 g/mol. The molecular weight excluding hydrogens is 284 g/mol. The lowest BCUT2D eigenvalue weighted by Gasteiger charge is -2.02. The van der Waals surface area contributed by atoms with Crippen molar-refractivity contribution >= 4 is 18.1 Å². The van der Waals surface area contributed by atoms with Crippen LogP contribution in [0.25, 0.3) is 0 Å². The first kappa shape index (κ1) is 15.2. The van der Waals surface area contributed by atoms with E-state index in [0.717, 1.165) is 5.56 Å². The van der Waals surface area contributed by atoms with E-state index in [1.54, 1.807) is 48.5 Å². The van der Waals surface area contributed by atoms with Gasteiger partial charge in [-0.3, -0.25) is 4.79 Å². The van der Waals surface area contributed by atoms with Crippen molar-refractivity contribution in [3.8, 4) is 5.75 Å². The molecule has 2 N–H and O–H groups in total. The molecule has 0 unspecified atom stereocenters. The zero-order chi connectivity index (χ0) is 15.8. The van der Waals surface area contributed by atoms with Crippen LogP contribution in [0.3, 0.4) is 0 Å². The molecule has 1 amide bonds. The van der Waals surface area contributed by atoms with Gasteiger partial charge in [0.05, 0.1) is 6.21 Å². The van der Waals surface area contributed by atoms with Gasteiger partial charge in [0, 0.05) is 5.56 Å². The van der Waals surface area contributed by atoms with Gasteiger partial charge >= 0.3 is 5.97 Å². The maximum atomic E-state index is 11.7. The topological polar surface area (TPSA) is 88.0 Å². The minimum atomic E-state index is -1.03. The predicted octanol–water partition coefficient (Wildman–Crippen LogP) is 1.91. The number of carbonyl (C=O) groups excluding carboxylic acids is 1. The van der Waals surface area contributed by atoms with Gasteiger partial charge in [-0.2, -0.15) is 5.10 Å². The van der Waals surface area contributed by atoms with Crippen LogP contribution in [-0.4, -0.2) is 29.8 Å². The Balaban J connectivity index is 1.88. The van der Waals surface area contributed by atoms with Crippen molar-refractivity contribution in [2.75, 3.05) is 6.61 Å². The summed E-state index contributed by atoms with van der Waals surface area (Å²) in [5, 5.41) is 12.4. The molecule has 0 radical (unpaired) electrons. The summed E-state index contributed by atoms with van der Waals surface area (Å²) in [5.74, 6) is -0.875. The molecule has 2 rings (SSSR count). The van der Waals surface area contributed by atoms with Crippen molar-refractivity contribution in [1.82, 2.24) is 5.43 Å². The van der Waals surface area contributed by atoms with E-state index in [1.807, 2.05) is 6.07 Å². The van der Waals surface area contributed by atoms with Gasteiger partial charge in [-0.1, -0.05) is 18.2 Å². The molecule has 6 heteroatoms. The Hall–Kier alpha value is -3.15. The third-order valence-electron chi connectivity index (χ3n) is 2.66. The van der Waals surface area contributed by atoms with Crippen molar-refractivity contribution < 1.29 is 19.4 Å². The first-order valence-electron chi connectivity index (χ1n) is 6.48. The fourth-order valence-corrected chi connectivity index (χ4v) is 1.61. The molecule has 0 atom stereocenters. The molecule has 0 saturated carbocycles. The smallest absolute Gasteiger partial charge is 0.341 e. The normalized spacial score (nSPS) is 10.4. The van der Waals surface area contributed by atoms with Crippen molar-refractivity contribution in [3.05, 3.63) is 65.7 Å². The van der Waals surface area contributed by atoms with E-state index in [1.165, 1.54) is 6.21 Å². The van der Waals surface area contributed by atoms with Crippen LogP contribution in [0.4, 0.5) is 0 Å². The predicted molar refractivity (Wildman–Crippen MR) is 81.1 cm³/mol. The fraction of sp³-hybridized carbons (Fsp3) is 0.0625. The zero-order valence-electron chi connectivity index (χ0n) is 11.6. The van der Waals surface area contributed by atoms with Crippen molar-refractivity contribution in [3.63, 3.8) is 0 Å². The lowest BCUT2D eigenvalue weighted by atomic mass is 10.2.